The van der Waals surface area contributed by atoms with Crippen LogP contribution >= 0.6 is 0 Å². The van der Waals surface area contributed by atoms with Crippen molar-refractivity contribution < 1.29 is 9.53 Å². The minimum Gasteiger partial charge on any atom is -0.466 e. The van der Waals surface area contributed by atoms with Crippen LogP contribution in [0.1, 0.15) is 37.4 Å². The summed E-state index contributed by atoms with van der Waals surface area (Å²) in [5.41, 5.74) is 9.32. The van der Waals surface area contributed by atoms with Gasteiger partial charge in [-0.3, -0.25) is 9.69 Å². The lowest BCUT2D eigenvalue weighted by Crippen LogP contribution is -2.35. The molecule has 19 heavy (non-hydrogen) atoms. The first-order valence-corrected chi connectivity index (χ1v) is 6.89. The van der Waals surface area contributed by atoms with Crippen LogP contribution in [0.4, 0.5) is 5.69 Å². The van der Waals surface area contributed by atoms with Gasteiger partial charge in [0.15, 0.2) is 0 Å². The molecular formula is C15H22N2O2. The summed E-state index contributed by atoms with van der Waals surface area (Å²) >= 11 is 0. The molecule has 1 aliphatic heterocycles. The van der Waals surface area contributed by atoms with Gasteiger partial charge in [0.05, 0.1) is 13.0 Å². The molecule has 0 bridgehead atoms. The number of nitrogens with two attached hydrogens (primary N) is 1. The number of nitrogen functional groups attached to an aromatic ring is 1. The largest absolute Gasteiger partial charge is 0.466 e. The third-order valence-electron chi connectivity index (χ3n) is 3.74. The molecule has 0 spiro atoms. The molecule has 0 aromatic heterocycles. The van der Waals surface area contributed by atoms with Crippen LogP contribution in [0.3, 0.4) is 0 Å². The lowest BCUT2D eigenvalue weighted by Gasteiger charge is -2.35. The summed E-state index contributed by atoms with van der Waals surface area (Å²) in [6.45, 7) is 6.18. The number of ether oxygens (including phenoxy) is 1. The fraction of sp³-hybridized carbons (Fsp3) is 0.533. The number of fused-ring (bicyclic) bond motifs is 1. The van der Waals surface area contributed by atoms with E-state index in [9.17, 15) is 4.79 Å². The van der Waals surface area contributed by atoms with Crippen LogP contribution < -0.4 is 5.73 Å². The van der Waals surface area contributed by atoms with Gasteiger partial charge >= 0.3 is 5.97 Å². The van der Waals surface area contributed by atoms with Crippen molar-refractivity contribution in [1.82, 2.24) is 4.90 Å². The van der Waals surface area contributed by atoms with Crippen molar-refractivity contribution in [3.63, 3.8) is 0 Å². The predicted octanol–water partition coefficient (Wildman–Crippen LogP) is 2.14. The van der Waals surface area contributed by atoms with E-state index in [1.807, 2.05) is 13.0 Å². The number of carbonyl (C=O) groups is 1. The highest BCUT2D eigenvalue weighted by Gasteiger charge is 2.24. The fourth-order valence-electron chi connectivity index (χ4n) is 2.66. The summed E-state index contributed by atoms with van der Waals surface area (Å²) in [4.78, 5) is 13.7. The Hall–Kier alpha value is -1.55. The first-order valence-electron chi connectivity index (χ1n) is 6.89. The predicted molar refractivity (Wildman–Crippen MR) is 75.8 cm³/mol. The molecule has 2 rings (SSSR count). The van der Waals surface area contributed by atoms with E-state index < -0.39 is 0 Å². The topological polar surface area (TPSA) is 55.6 Å². The van der Waals surface area contributed by atoms with Crippen molar-refractivity contribution >= 4 is 11.7 Å². The fourth-order valence-corrected chi connectivity index (χ4v) is 2.66. The Morgan fingerprint density at radius 2 is 2.32 bits per heavy atom. The molecule has 1 aromatic carbocycles. The second-order valence-electron chi connectivity index (χ2n) is 4.98. The number of hydrogen-bond acceptors (Lipinski definition) is 4. The Kier molecular flexibility index (Phi) is 4.43. The van der Waals surface area contributed by atoms with E-state index in [2.05, 4.69) is 24.0 Å². The summed E-state index contributed by atoms with van der Waals surface area (Å²) < 4.78 is 4.97. The van der Waals surface area contributed by atoms with Crippen LogP contribution in [0, 0.1) is 0 Å². The number of benzene rings is 1. The monoisotopic (exact) mass is 262 g/mol. The van der Waals surface area contributed by atoms with E-state index in [0.717, 1.165) is 25.2 Å². The molecule has 0 saturated heterocycles. The molecule has 0 radical (unpaired) electrons. The van der Waals surface area contributed by atoms with Gasteiger partial charge in [0.1, 0.15) is 0 Å². The molecule has 1 unspecified atom stereocenters. The molecule has 4 heteroatoms. The van der Waals surface area contributed by atoms with Crippen molar-refractivity contribution in [2.75, 3.05) is 25.4 Å². The maximum atomic E-state index is 11.4. The first-order chi connectivity index (χ1) is 9.11. The lowest BCUT2D eigenvalue weighted by atomic mass is 9.93. The molecule has 0 aliphatic carbocycles. The van der Waals surface area contributed by atoms with E-state index in [0.29, 0.717) is 19.1 Å². The standard InChI is InChI=1S/C15H22N2O2/c1-3-19-15(18)7-9-17-8-6-12-4-5-13(16)10-14(12)11(17)2/h4-5,10-11H,3,6-9,16H2,1-2H3. The summed E-state index contributed by atoms with van der Waals surface area (Å²) in [6, 6.07) is 6.43. The molecule has 0 fully saturated rings. The second-order valence-corrected chi connectivity index (χ2v) is 4.98. The van der Waals surface area contributed by atoms with Gasteiger partial charge < -0.3 is 10.5 Å². The van der Waals surface area contributed by atoms with Crippen LogP contribution in [-0.2, 0) is 16.0 Å². The Morgan fingerprint density at radius 3 is 3.05 bits per heavy atom. The summed E-state index contributed by atoms with van der Waals surface area (Å²) in [5.74, 6) is -0.118. The Balaban J connectivity index is 2.00. The van der Waals surface area contributed by atoms with Crippen molar-refractivity contribution in [2.45, 2.75) is 32.7 Å². The third-order valence-corrected chi connectivity index (χ3v) is 3.74. The minimum absolute atomic E-state index is 0.118. The smallest absolute Gasteiger partial charge is 0.307 e. The maximum absolute atomic E-state index is 11.4. The van der Waals surface area contributed by atoms with Crippen molar-refractivity contribution in [2.24, 2.45) is 0 Å². The van der Waals surface area contributed by atoms with Crippen LogP contribution in [0.15, 0.2) is 18.2 Å². The molecule has 1 aliphatic rings. The van der Waals surface area contributed by atoms with Gasteiger partial charge in [-0.1, -0.05) is 6.07 Å². The lowest BCUT2D eigenvalue weighted by molar-refractivity contribution is -0.143. The highest BCUT2D eigenvalue weighted by molar-refractivity contribution is 5.69. The molecule has 1 heterocycles. The average molecular weight is 262 g/mol. The van der Waals surface area contributed by atoms with Gasteiger partial charge in [-0.15, -0.1) is 0 Å². The zero-order valence-corrected chi connectivity index (χ0v) is 11.7. The average Bonchev–Trinajstić information content (AvgIpc) is 2.39. The first kappa shape index (κ1) is 13.9. The van der Waals surface area contributed by atoms with Crippen LogP contribution in [0.5, 0.6) is 0 Å². The number of esters is 1. The maximum Gasteiger partial charge on any atom is 0.307 e. The second kappa shape index (κ2) is 6.06. The Bertz CT molecular complexity index is 459. The van der Waals surface area contributed by atoms with Gasteiger partial charge in [0.25, 0.3) is 0 Å². The normalized spacial score (nSPS) is 18.9. The molecule has 1 atom stereocenters. The SMILES string of the molecule is CCOC(=O)CCN1CCc2ccc(N)cc2C1C. The minimum atomic E-state index is -0.118. The molecule has 0 saturated carbocycles. The van der Waals surface area contributed by atoms with E-state index in [1.54, 1.807) is 0 Å². The van der Waals surface area contributed by atoms with E-state index in [4.69, 9.17) is 10.5 Å². The Labute approximate surface area is 114 Å². The summed E-state index contributed by atoms with van der Waals surface area (Å²) in [6.07, 6.45) is 1.47. The van der Waals surface area contributed by atoms with E-state index in [1.165, 1.54) is 11.1 Å². The highest BCUT2D eigenvalue weighted by atomic mass is 16.5. The molecule has 0 amide bonds. The quantitative estimate of drug-likeness (QED) is 0.667. The van der Waals surface area contributed by atoms with E-state index in [-0.39, 0.29) is 5.97 Å². The number of nitrogens with zero attached hydrogens (tertiary/aromatic N) is 1. The van der Waals surface area contributed by atoms with Crippen molar-refractivity contribution in [3.8, 4) is 0 Å². The van der Waals surface area contributed by atoms with Gasteiger partial charge in [-0.05, 0) is 43.5 Å². The molecule has 104 valence electrons. The zero-order chi connectivity index (χ0) is 13.8. The van der Waals surface area contributed by atoms with Crippen LogP contribution in [0.2, 0.25) is 0 Å². The van der Waals surface area contributed by atoms with Crippen LogP contribution in [-0.4, -0.2) is 30.6 Å². The zero-order valence-electron chi connectivity index (χ0n) is 11.7. The number of carbonyl (C=O) groups excluding carboxylic acids is 1. The molecule has 4 nitrogen and oxygen atoms in total. The van der Waals surface area contributed by atoms with Crippen molar-refractivity contribution in [3.05, 3.63) is 29.3 Å². The third kappa shape index (κ3) is 3.26. The molecular weight excluding hydrogens is 240 g/mol. The highest BCUT2D eigenvalue weighted by Crippen LogP contribution is 2.30. The number of anilines is 1. The van der Waals surface area contributed by atoms with Gasteiger partial charge in [0, 0.05) is 24.8 Å². The Morgan fingerprint density at radius 1 is 1.53 bits per heavy atom. The van der Waals surface area contributed by atoms with E-state index >= 15 is 0 Å². The molecule has 2 N–H and O–H groups in total. The number of hydrogen-bond donors (Lipinski definition) is 1. The molecule has 1 aromatic rings. The van der Waals surface area contributed by atoms with Gasteiger partial charge in [-0.2, -0.15) is 0 Å². The van der Waals surface area contributed by atoms with Crippen LogP contribution in [0.25, 0.3) is 0 Å². The van der Waals surface area contributed by atoms with Gasteiger partial charge in [-0.25, -0.2) is 0 Å². The summed E-state index contributed by atoms with van der Waals surface area (Å²) in [7, 11) is 0. The van der Waals surface area contributed by atoms with Crippen molar-refractivity contribution in [1.29, 1.82) is 0 Å². The number of rotatable bonds is 4. The van der Waals surface area contributed by atoms with Gasteiger partial charge in [0.2, 0.25) is 0 Å². The summed E-state index contributed by atoms with van der Waals surface area (Å²) in [5, 5.41) is 0.